The molecular weight excluding hydrogens is 574 g/mol. The lowest BCUT2D eigenvalue weighted by molar-refractivity contribution is -0.136. The molecule has 6 rings (SSSR count). The third kappa shape index (κ3) is 6.99. The lowest BCUT2D eigenvalue weighted by Crippen LogP contribution is -2.44. The Kier molecular flexibility index (Phi) is 8.77. The zero-order chi connectivity index (χ0) is 31.2. The number of rotatable bonds is 8. The summed E-state index contributed by atoms with van der Waals surface area (Å²) in [5.41, 5.74) is 2.73. The number of carbonyl (C=O) groups is 2. The predicted molar refractivity (Wildman–Crippen MR) is 168 cm³/mol. The van der Waals surface area contributed by atoms with Gasteiger partial charge < -0.3 is 28.7 Å². The summed E-state index contributed by atoms with van der Waals surface area (Å²) in [4.78, 5) is 39.6. The van der Waals surface area contributed by atoms with Gasteiger partial charge in [0.1, 0.15) is 29.7 Å². The Morgan fingerprint density at radius 3 is 2.31 bits per heavy atom. The van der Waals surface area contributed by atoms with Crippen LogP contribution in [0.1, 0.15) is 23.3 Å². The maximum absolute atomic E-state index is 13.6. The van der Waals surface area contributed by atoms with Gasteiger partial charge in [0, 0.05) is 18.9 Å². The average Bonchev–Trinajstić information content (AvgIpc) is 3.29. The standard InChI is InChI=1S/C36H31NO8/c1-23-33(26-13-16-30-32(20-26)42-18-8-17-41-30)34(38)28-15-14-27(21-31(28)44-23)45-35(39)29(19-24-9-4-2-5-10-24)37-36(40)43-22-25-11-6-3-7-12-25/h2-7,9-16,20-21,29H,8,17-19,22H2,1H3,(H,37,40)/t29-/m1/s1. The molecule has 0 bridgehead atoms. The quantitative estimate of drug-likeness (QED) is 0.160. The molecule has 5 aromatic rings. The number of alkyl carbamates (subject to hydrolysis) is 1. The molecule has 228 valence electrons. The molecule has 0 radical (unpaired) electrons. The van der Waals surface area contributed by atoms with Gasteiger partial charge in [-0.2, -0.15) is 0 Å². The number of esters is 1. The second kappa shape index (κ2) is 13.4. The Morgan fingerprint density at radius 2 is 1.56 bits per heavy atom. The molecule has 1 N–H and O–H groups in total. The van der Waals surface area contributed by atoms with E-state index in [-0.39, 0.29) is 29.8 Å². The smallest absolute Gasteiger partial charge is 0.408 e. The lowest BCUT2D eigenvalue weighted by Gasteiger charge is -2.18. The van der Waals surface area contributed by atoms with E-state index in [1.807, 2.05) is 60.7 Å². The van der Waals surface area contributed by atoms with E-state index in [4.69, 9.17) is 23.4 Å². The van der Waals surface area contributed by atoms with Crippen LogP contribution in [0.2, 0.25) is 0 Å². The summed E-state index contributed by atoms with van der Waals surface area (Å²) < 4.78 is 28.6. The second-order valence-electron chi connectivity index (χ2n) is 10.6. The van der Waals surface area contributed by atoms with Crippen molar-refractivity contribution in [1.82, 2.24) is 5.32 Å². The number of aryl methyl sites for hydroxylation is 1. The van der Waals surface area contributed by atoms with E-state index in [9.17, 15) is 14.4 Å². The van der Waals surface area contributed by atoms with Gasteiger partial charge in [-0.3, -0.25) is 4.79 Å². The Morgan fingerprint density at radius 1 is 0.844 bits per heavy atom. The summed E-state index contributed by atoms with van der Waals surface area (Å²) in [7, 11) is 0. The van der Waals surface area contributed by atoms with Crippen molar-refractivity contribution in [3.63, 3.8) is 0 Å². The minimum absolute atomic E-state index is 0.0527. The van der Waals surface area contributed by atoms with Crippen molar-refractivity contribution < 1.29 is 33.0 Å². The van der Waals surface area contributed by atoms with Crippen LogP contribution < -0.4 is 25.0 Å². The second-order valence-corrected chi connectivity index (χ2v) is 10.6. The van der Waals surface area contributed by atoms with Crippen molar-refractivity contribution in [2.24, 2.45) is 0 Å². The van der Waals surface area contributed by atoms with Crippen molar-refractivity contribution in [2.75, 3.05) is 13.2 Å². The predicted octanol–water partition coefficient (Wildman–Crippen LogP) is 6.37. The van der Waals surface area contributed by atoms with Crippen LogP contribution in [0.4, 0.5) is 4.79 Å². The van der Waals surface area contributed by atoms with Crippen LogP contribution >= 0.6 is 0 Å². The molecule has 1 aliphatic rings. The molecule has 0 saturated carbocycles. The number of amides is 1. The molecule has 45 heavy (non-hydrogen) atoms. The van der Waals surface area contributed by atoms with Gasteiger partial charge in [-0.15, -0.1) is 0 Å². The highest BCUT2D eigenvalue weighted by atomic mass is 16.6. The Bertz CT molecular complexity index is 1890. The maximum Gasteiger partial charge on any atom is 0.408 e. The molecule has 0 unspecified atom stereocenters. The molecule has 4 aromatic carbocycles. The SMILES string of the molecule is Cc1oc2cc(OC(=O)[C@@H](Cc3ccccc3)NC(=O)OCc3ccccc3)ccc2c(=O)c1-c1ccc2c(c1)OCCCO2. The molecule has 1 amide bonds. The van der Waals surface area contributed by atoms with Crippen LogP contribution in [0.5, 0.6) is 17.2 Å². The van der Waals surface area contributed by atoms with Crippen LogP contribution in [-0.2, 0) is 22.6 Å². The monoisotopic (exact) mass is 605 g/mol. The van der Waals surface area contributed by atoms with Crippen molar-refractivity contribution in [2.45, 2.75) is 32.4 Å². The van der Waals surface area contributed by atoms with Gasteiger partial charge in [0.15, 0.2) is 11.5 Å². The van der Waals surface area contributed by atoms with E-state index < -0.39 is 18.1 Å². The molecule has 0 saturated heterocycles. The van der Waals surface area contributed by atoms with E-state index in [0.717, 1.165) is 17.5 Å². The highest BCUT2D eigenvalue weighted by Gasteiger charge is 2.25. The van der Waals surface area contributed by atoms with E-state index >= 15 is 0 Å². The summed E-state index contributed by atoms with van der Waals surface area (Å²) in [6.45, 7) is 2.85. The fourth-order valence-electron chi connectivity index (χ4n) is 5.14. The summed E-state index contributed by atoms with van der Waals surface area (Å²) in [5.74, 6) is 1.08. The third-order valence-electron chi connectivity index (χ3n) is 7.37. The Balaban J connectivity index is 1.22. The van der Waals surface area contributed by atoms with Crippen molar-refractivity contribution in [3.05, 3.63) is 124 Å². The summed E-state index contributed by atoms with van der Waals surface area (Å²) in [6.07, 6.45) is 0.204. The van der Waals surface area contributed by atoms with E-state index in [1.165, 1.54) is 12.1 Å². The van der Waals surface area contributed by atoms with Crippen molar-refractivity contribution >= 4 is 23.0 Å². The summed E-state index contributed by atoms with van der Waals surface area (Å²) in [6, 6.07) is 27.4. The van der Waals surface area contributed by atoms with Gasteiger partial charge in [-0.25, -0.2) is 9.59 Å². The van der Waals surface area contributed by atoms with Crippen LogP contribution in [0.15, 0.2) is 106 Å². The van der Waals surface area contributed by atoms with Gasteiger partial charge in [0.05, 0.1) is 24.2 Å². The zero-order valence-electron chi connectivity index (χ0n) is 24.6. The van der Waals surface area contributed by atoms with Gasteiger partial charge in [0.2, 0.25) is 5.43 Å². The maximum atomic E-state index is 13.6. The number of nitrogens with one attached hydrogen (secondary N) is 1. The van der Waals surface area contributed by atoms with Gasteiger partial charge >= 0.3 is 12.1 Å². The lowest BCUT2D eigenvalue weighted by atomic mass is 10.0. The van der Waals surface area contributed by atoms with E-state index in [2.05, 4.69) is 5.32 Å². The Hall–Kier alpha value is -5.57. The first-order valence-electron chi connectivity index (χ1n) is 14.6. The van der Waals surface area contributed by atoms with Gasteiger partial charge in [-0.05, 0) is 47.9 Å². The zero-order valence-corrected chi connectivity index (χ0v) is 24.6. The normalized spacial score (nSPS) is 13.0. The summed E-state index contributed by atoms with van der Waals surface area (Å²) in [5, 5.41) is 2.96. The van der Waals surface area contributed by atoms with E-state index in [0.29, 0.717) is 47.0 Å². The number of hydrogen-bond acceptors (Lipinski definition) is 8. The largest absolute Gasteiger partial charge is 0.490 e. The summed E-state index contributed by atoms with van der Waals surface area (Å²) >= 11 is 0. The number of ether oxygens (including phenoxy) is 4. The highest BCUT2D eigenvalue weighted by Crippen LogP contribution is 2.35. The first-order valence-corrected chi connectivity index (χ1v) is 14.6. The molecule has 2 heterocycles. The van der Waals surface area contributed by atoms with Gasteiger partial charge in [0.25, 0.3) is 0 Å². The highest BCUT2D eigenvalue weighted by molar-refractivity contribution is 5.87. The molecule has 0 aliphatic carbocycles. The average molecular weight is 606 g/mol. The van der Waals surface area contributed by atoms with Crippen LogP contribution in [-0.4, -0.2) is 31.3 Å². The van der Waals surface area contributed by atoms with Gasteiger partial charge in [-0.1, -0.05) is 66.7 Å². The molecule has 1 aromatic heterocycles. The first-order chi connectivity index (χ1) is 21.9. The number of benzene rings is 4. The van der Waals surface area contributed by atoms with Crippen molar-refractivity contribution in [1.29, 1.82) is 0 Å². The van der Waals surface area contributed by atoms with Crippen molar-refractivity contribution in [3.8, 4) is 28.4 Å². The first kappa shape index (κ1) is 29.5. The molecule has 9 nitrogen and oxygen atoms in total. The minimum atomic E-state index is -1.04. The minimum Gasteiger partial charge on any atom is -0.490 e. The molecule has 1 aliphatic heterocycles. The fourth-order valence-corrected chi connectivity index (χ4v) is 5.14. The number of hydrogen-bond donors (Lipinski definition) is 1. The van der Waals surface area contributed by atoms with Crippen LogP contribution in [0, 0.1) is 6.92 Å². The van der Waals surface area contributed by atoms with Crippen LogP contribution in [0.3, 0.4) is 0 Å². The number of carbonyl (C=O) groups excluding carboxylic acids is 2. The molecule has 0 fully saturated rings. The molecule has 9 heteroatoms. The topological polar surface area (TPSA) is 113 Å². The molecule has 1 atom stereocenters. The molecular formula is C36H31NO8. The molecule has 0 spiro atoms. The van der Waals surface area contributed by atoms with E-state index in [1.54, 1.807) is 31.2 Å². The fraction of sp³-hybridized carbons (Fsp3) is 0.194. The Labute approximate surface area is 259 Å². The third-order valence-corrected chi connectivity index (χ3v) is 7.37. The van der Waals surface area contributed by atoms with Crippen LogP contribution in [0.25, 0.3) is 22.1 Å². The number of fused-ring (bicyclic) bond motifs is 2.